The van der Waals surface area contributed by atoms with Gasteiger partial charge in [0.05, 0.1) is 10.9 Å². The molecule has 10 heteroatoms. The Bertz CT molecular complexity index is 1150. The predicted molar refractivity (Wildman–Crippen MR) is 107 cm³/mol. The Kier molecular flexibility index (Phi) is 5.57. The lowest BCUT2D eigenvalue weighted by atomic mass is 10.2. The zero-order chi connectivity index (χ0) is 19.6. The van der Waals surface area contributed by atoms with Crippen LogP contribution in [0.1, 0.15) is 16.9 Å². The van der Waals surface area contributed by atoms with E-state index in [4.69, 9.17) is 12.2 Å². The molecule has 2 heterocycles. The fourth-order valence-electron chi connectivity index (χ4n) is 2.62. The minimum atomic E-state index is -0.447. The third-order valence-electron chi connectivity index (χ3n) is 3.97. The maximum atomic E-state index is 12.5. The van der Waals surface area contributed by atoms with E-state index in [2.05, 4.69) is 31.8 Å². The second-order valence-electron chi connectivity index (χ2n) is 5.84. The Hall–Kier alpha value is -2.72. The third kappa shape index (κ3) is 4.17. The van der Waals surface area contributed by atoms with Gasteiger partial charge in [0.1, 0.15) is 5.69 Å². The summed E-state index contributed by atoms with van der Waals surface area (Å²) >= 11 is 8.48. The van der Waals surface area contributed by atoms with Crippen molar-refractivity contribution in [2.45, 2.75) is 13.0 Å². The van der Waals surface area contributed by atoms with Crippen molar-refractivity contribution in [3.63, 3.8) is 0 Å². The third-order valence-corrected chi connectivity index (χ3v) is 4.73. The van der Waals surface area contributed by atoms with Crippen LogP contribution in [0.25, 0.3) is 10.9 Å². The molecule has 0 saturated carbocycles. The normalized spacial score (nSPS) is 10.7. The first-order valence-electron chi connectivity index (χ1n) is 7.99. The molecule has 3 aromatic rings. The summed E-state index contributed by atoms with van der Waals surface area (Å²) < 4.78 is 3.95. The molecule has 3 N–H and O–H groups in total. The zero-order valence-corrected chi connectivity index (χ0v) is 16.7. The van der Waals surface area contributed by atoms with Gasteiger partial charge in [0.2, 0.25) is 5.91 Å². The van der Waals surface area contributed by atoms with Crippen LogP contribution in [0, 0.1) is 4.77 Å². The van der Waals surface area contributed by atoms with Crippen LogP contribution in [0.4, 0.5) is 0 Å². The van der Waals surface area contributed by atoms with Crippen LogP contribution in [0.5, 0.6) is 0 Å². The molecule has 0 saturated heterocycles. The second-order valence-corrected chi connectivity index (χ2v) is 7.14. The van der Waals surface area contributed by atoms with Gasteiger partial charge < -0.3 is 9.55 Å². The number of carbonyl (C=O) groups excluding carboxylic acids is 2. The van der Waals surface area contributed by atoms with Crippen molar-refractivity contribution in [3.8, 4) is 0 Å². The highest BCUT2D eigenvalue weighted by molar-refractivity contribution is 9.10. The van der Waals surface area contributed by atoms with E-state index in [-0.39, 0.29) is 23.3 Å². The molecule has 0 spiro atoms. The van der Waals surface area contributed by atoms with E-state index < -0.39 is 11.8 Å². The molecule has 8 nitrogen and oxygen atoms in total. The van der Waals surface area contributed by atoms with Gasteiger partial charge in [0.15, 0.2) is 4.77 Å². The molecule has 0 radical (unpaired) electrons. The van der Waals surface area contributed by atoms with E-state index in [1.54, 1.807) is 48.1 Å². The predicted octanol–water partition coefficient (Wildman–Crippen LogP) is 2.01. The molecule has 27 heavy (non-hydrogen) atoms. The van der Waals surface area contributed by atoms with E-state index in [0.29, 0.717) is 16.6 Å². The Morgan fingerprint density at radius 2 is 2.00 bits per heavy atom. The molecule has 0 aliphatic heterocycles. The molecular formula is C17H16BrN5O3S. The Morgan fingerprint density at radius 3 is 2.70 bits per heavy atom. The van der Waals surface area contributed by atoms with Crippen molar-refractivity contribution in [2.75, 3.05) is 0 Å². The molecule has 2 aromatic heterocycles. The number of halogens is 1. The highest BCUT2D eigenvalue weighted by Crippen LogP contribution is 2.13. The summed E-state index contributed by atoms with van der Waals surface area (Å²) in [5.74, 6) is -0.886. The minimum Gasteiger partial charge on any atom is -0.345 e. The number of hydrogen-bond donors (Lipinski definition) is 3. The van der Waals surface area contributed by atoms with Crippen molar-refractivity contribution >= 4 is 50.9 Å². The molecule has 0 unspecified atom stereocenters. The molecule has 3 rings (SSSR count). The van der Waals surface area contributed by atoms with Gasteiger partial charge in [0.25, 0.3) is 11.5 Å². The van der Waals surface area contributed by atoms with Crippen LogP contribution < -0.4 is 16.4 Å². The van der Waals surface area contributed by atoms with Crippen LogP contribution in [-0.4, -0.2) is 25.9 Å². The van der Waals surface area contributed by atoms with Crippen molar-refractivity contribution in [1.82, 2.24) is 25.0 Å². The molecule has 140 valence electrons. The summed E-state index contributed by atoms with van der Waals surface area (Å²) in [6.45, 7) is 0.0937. The summed E-state index contributed by atoms with van der Waals surface area (Å²) in [5, 5.41) is 0.495. The highest BCUT2D eigenvalue weighted by atomic mass is 79.9. The second kappa shape index (κ2) is 7.89. The van der Waals surface area contributed by atoms with Crippen LogP contribution in [0.3, 0.4) is 0 Å². The lowest BCUT2D eigenvalue weighted by Crippen LogP contribution is -2.42. The molecule has 0 aliphatic carbocycles. The van der Waals surface area contributed by atoms with Crippen LogP contribution in [0.2, 0.25) is 0 Å². The fraction of sp³-hybridized carbons (Fsp3) is 0.176. The standard InChI is InChI=1S/C17H16BrN5O3S/c1-22-9-10(18)8-13(22)15(25)21-20-14(24)6-7-23-16(26)11-4-2-3-5-12(11)19-17(23)27/h2-5,8-9H,6-7H2,1H3,(H,19,27)(H,20,24)(H,21,25). The van der Waals surface area contributed by atoms with Gasteiger partial charge in [-0.05, 0) is 46.3 Å². The Morgan fingerprint density at radius 1 is 1.26 bits per heavy atom. The average Bonchev–Trinajstić information content (AvgIpc) is 2.97. The van der Waals surface area contributed by atoms with Gasteiger partial charge in [-0.3, -0.25) is 29.8 Å². The summed E-state index contributed by atoms with van der Waals surface area (Å²) in [6.07, 6.45) is 1.71. The number of hydrazine groups is 1. The molecular weight excluding hydrogens is 434 g/mol. The summed E-state index contributed by atoms with van der Waals surface area (Å²) in [7, 11) is 1.72. The zero-order valence-electron chi connectivity index (χ0n) is 14.3. The Labute approximate surface area is 167 Å². The average molecular weight is 450 g/mol. The minimum absolute atomic E-state index is 0.0210. The molecule has 0 atom stereocenters. The van der Waals surface area contributed by atoms with Gasteiger partial charge in [-0.15, -0.1) is 0 Å². The van der Waals surface area contributed by atoms with Gasteiger partial charge in [-0.2, -0.15) is 0 Å². The number of nitrogens with one attached hydrogen (secondary N) is 3. The van der Waals surface area contributed by atoms with Crippen LogP contribution >= 0.6 is 28.1 Å². The van der Waals surface area contributed by atoms with Gasteiger partial charge in [-0.25, -0.2) is 0 Å². The van der Waals surface area contributed by atoms with E-state index in [1.807, 2.05) is 0 Å². The number of carbonyl (C=O) groups is 2. The molecule has 2 amide bonds. The number of para-hydroxylation sites is 1. The summed E-state index contributed by atoms with van der Waals surface area (Å²) in [5.41, 5.74) is 5.45. The number of aryl methyl sites for hydroxylation is 1. The van der Waals surface area contributed by atoms with E-state index in [1.165, 1.54) is 4.57 Å². The Balaban J connectivity index is 1.64. The maximum absolute atomic E-state index is 12.5. The van der Waals surface area contributed by atoms with Crippen molar-refractivity contribution in [3.05, 3.63) is 61.8 Å². The monoisotopic (exact) mass is 449 g/mol. The number of fused-ring (bicyclic) bond motifs is 1. The first-order chi connectivity index (χ1) is 12.9. The number of H-pyrrole nitrogens is 1. The first-order valence-corrected chi connectivity index (χ1v) is 9.20. The van der Waals surface area contributed by atoms with Gasteiger partial charge >= 0.3 is 0 Å². The number of hydrogen-bond acceptors (Lipinski definition) is 4. The molecule has 0 fully saturated rings. The number of aromatic amines is 1. The van der Waals surface area contributed by atoms with Crippen LogP contribution in [0.15, 0.2) is 45.8 Å². The molecule has 1 aromatic carbocycles. The number of rotatable bonds is 4. The summed E-state index contributed by atoms with van der Waals surface area (Å²) in [6, 6.07) is 8.65. The van der Waals surface area contributed by atoms with Gasteiger partial charge in [-0.1, -0.05) is 12.1 Å². The van der Waals surface area contributed by atoms with E-state index in [0.717, 1.165) is 4.47 Å². The fourth-order valence-corrected chi connectivity index (χ4v) is 3.43. The lowest BCUT2D eigenvalue weighted by Gasteiger charge is -2.10. The first kappa shape index (κ1) is 19.1. The quantitative estimate of drug-likeness (QED) is 0.418. The summed E-state index contributed by atoms with van der Waals surface area (Å²) in [4.78, 5) is 39.6. The van der Waals surface area contributed by atoms with Crippen LogP contribution in [-0.2, 0) is 18.4 Å². The number of amides is 2. The number of aromatic nitrogens is 3. The lowest BCUT2D eigenvalue weighted by molar-refractivity contribution is -0.122. The number of benzene rings is 1. The molecule has 0 aliphatic rings. The highest BCUT2D eigenvalue weighted by Gasteiger charge is 2.12. The largest absolute Gasteiger partial charge is 0.345 e. The van der Waals surface area contributed by atoms with Crippen molar-refractivity contribution in [1.29, 1.82) is 0 Å². The molecule has 0 bridgehead atoms. The topological polar surface area (TPSA) is 101 Å². The van der Waals surface area contributed by atoms with Gasteiger partial charge in [0, 0.05) is 30.7 Å². The SMILES string of the molecule is Cn1cc(Br)cc1C(=O)NNC(=O)CCn1c(=S)[nH]c2ccccc2c1=O. The maximum Gasteiger partial charge on any atom is 0.286 e. The van der Waals surface area contributed by atoms with E-state index in [9.17, 15) is 14.4 Å². The number of nitrogens with zero attached hydrogens (tertiary/aromatic N) is 2. The van der Waals surface area contributed by atoms with E-state index >= 15 is 0 Å². The van der Waals surface area contributed by atoms with Crippen molar-refractivity contribution < 1.29 is 9.59 Å². The van der Waals surface area contributed by atoms with Crippen molar-refractivity contribution in [2.24, 2.45) is 7.05 Å². The smallest absolute Gasteiger partial charge is 0.286 e.